The first-order valence-electron chi connectivity index (χ1n) is 8.56. The van der Waals surface area contributed by atoms with Crippen molar-refractivity contribution in [3.8, 4) is 5.75 Å². The maximum atomic E-state index is 12.3. The molecule has 0 aliphatic heterocycles. The summed E-state index contributed by atoms with van der Waals surface area (Å²) in [5, 5.41) is 10.8. The van der Waals surface area contributed by atoms with Crippen LogP contribution in [0.25, 0.3) is 11.0 Å². The van der Waals surface area contributed by atoms with E-state index in [4.69, 9.17) is 13.9 Å². The van der Waals surface area contributed by atoms with Gasteiger partial charge in [-0.05, 0) is 31.2 Å². The fraction of sp³-hybridized carbons (Fsp3) is 0.200. The molecule has 0 radical (unpaired) electrons. The summed E-state index contributed by atoms with van der Waals surface area (Å²) in [6.07, 6.45) is 0. The standard InChI is InChI=1S/C20H17NO7S/c1-12(29-16-6-3-14(4-7-16)21(24)25)20(23)27-11-13-9-19(22)28-18-10-15(26-2)5-8-17(13)18/h3-10,12H,11H2,1-2H3/t12-/m1/s1. The zero-order valence-electron chi connectivity index (χ0n) is 15.6. The van der Waals surface area contributed by atoms with Crippen molar-refractivity contribution in [3.63, 3.8) is 0 Å². The number of hydrogen-bond donors (Lipinski definition) is 0. The number of nitro groups is 1. The van der Waals surface area contributed by atoms with Gasteiger partial charge in [-0.25, -0.2) is 4.79 Å². The van der Waals surface area contributed by atoms with Gasteiger partial charge in [0, 0.05) is 40.1 Å². The number of carbonyl (C=O) groups is 1. The summed E-state index contributed by atoms with van der Waals surface area (Å²) in [5.74, 6) is 0.0752. The van der Waals surface area contributed by atoms with Gasteiger partial charge >= 0.3 is 11.6 Å². The average Bonchev–Trinajstić information content (AvgIpc) is 2.71. The van der Waals surface area contributed by atoms with Gasteiger partial charge in [0.05, 0.1) is 12.0 Å². The Kier molecular flexibility index (Phi) is 6.18. The van der Waals surface area contributed by atoms with E-state index in [1.807, 2.05) is 0 Å². The summed E-state index contributed by atoms with van der Waals surface area (Å²) in [6, 6.07) is 12.3. The Labute approximate surface area is 169 Å². The van der Waals surface area contributed by atoms with Crippen molar-refractivity contribution in [3.05, 3.63) is 74.6 Å². The number of rotatable bonds is 7. The smallest absolute Gasteiger partial charge is 0.336 e. The number of fused-ring (bicyclic) bond motifs is 1. The largest absolute Gasteiger partial charge is 0.497 e. The summed E-state index contributed by atoms with van der Waals surface area (Å²) in [7, 11) is 1.51. The molecule has 0 aliphatic carbocycles. The Bertz CT molecular complexity index is 1110. The molecule has 0 amide bonds. The zero-order chi connectivity index (χ0) is 21.0. The van der Waals surface area contributed by atoms with Gasteiger partial charge in [0.25, 0.3) is 5.69 Å². The van der Waals surface area contributed by atoms with Gasteiger partial charge in [-0.1, -0.05) is 0 Å². The van der Waals surface area contributed by atoms with Crippen molar-refractivity contribution in [2.45, 2.75) is 23.7 Å². The zero-order valence-corrected chi connectivity index (χ0v) is 16.4. The molecule has 0 saturated carbocycles. The molecule has 0 bridgehead atoms. The Hall–Kier alpha value is -3.33. The second-order valence-electron chi connectivity index (χ2n) is 6.07. The van der Waals surface area contributed by atoms with Crippen molar-refractivity contribution in [1.82, 2.24) is 0 Å². The van der Waals surface area contributed by atoms with Crippen molar-refractivity contribution in [2.24, 2.45) is 0 Å². The number of nitro benzene ring substituents is 1. The van der Waals surface area contributed by atoms with E-state index in [9.17, 15) is 19.7 Å². The molecular weight excluding hydrogens is 398 g/mol. The molecule has 0 fully saturated rings. The highest BCUT2D eigenvalue weighted by Gasteiger charge is 2.18. The number of thioether (sulfide) groups is 1. The van der Waals surface area contributed by atoms with E-state index in [0.29, 0.717) is 27.2 Å². The summed E-state index contributed by atoms with van der Waals surface area (Å²) in [5.41, 5.74) is 0.303. The Morgan fingerprint density at radius 1 is 1.21 bits per heavy atom. The summed E-state index contributed by atoms with van der Waals surface area (Å²) in [6.45, 7) is 1.59. The number of methoxy groups -OCH3 is 1. The maximum Gasteiger partial charge on any atom is 0.336 e. The summed E-state index contributed by atoms with van der Waals surface area (Å²) >= 11 is 1.23. The molecule has 9 heteroatoms. The number of ether oxygens (including phenoxy) is 2. The SMILES string of the molecule is COc1ccc2c(COC(=O)[C@@H](C)Sc3ccc([N+](=O)[O-])cc3)cc(=O)oc2c1. The first kappa shape index (κ1) is 20.4. The van der Waals surface area contributed by atoms with E-state index in [2.05, 4.69) is 0 Å². The highest BCUT2D eigenvalue weighted by molar-refractivity contribution is 8.00. The van der Waals surface area contributed by atoms with Crippen LogP contribution in [0.15, 0.2) is 62.6 Å². The minimum Gasteiger partial charge on any atom is -0.497 e. The van der Waals surface area contributed by atoms with Gasteiger partial charge in [0.15, 0.2) is 0 Å². The van der Waals surface area contributed by atoms with Crippen LogP contribution < -0.4 is 10.4 Å². The van der Waals surface area contributed by atoms with Crippen LogP contribution in [0, 0.1) is 10.1 Å². The first-order chi connectivity index (χ1) is 13.9. The summed E-state index contributed by atoms with van der Waals surface area (Å²) in [4.78, 5) is 35.1. The molecule has 3 aromatic rings. The lowest BCUT2D eigenvalue weighted by Gasteiger charge is -2.12. The lowest BCUT2D eigenvalue weighted by atomic mass is 10.1. The minimum absolute atomic E-state index is 0.0176. The van der Waals surface area contributed by atoms with Gasteiger partial charge in [0.1, 0.15) is 23.2 Å². The number of esters is 1. The average molecular weight is 415 g/mol. The van der Waals surface area contributed by atoms with Crippen LogP contribution in [-0.2, 0) is 16.1 Å². The van der Waals surface area contributed by atoms with E-state index < -0.39 is 21.8 Å². The van der Waals surface area contributed by atoms with Crippen molar-refractivity contribution < 1.29 is 23.6 Å². The third-order valence-electron chi connectivity index (χ3n) is 4.10. The lowest BCUT2D eigenvalue weighted by molar-refractivity contribution is -0.384. The highest BCUT2D eigenvalue weighted by Crippen LogP contribution is 2.27. The molecule has 1 atom stereocenters. The third-order valence-corrected chi connectivity index (χ3v) is 5.19. The third kappa shape index (κ3) is 4.94. The van der Waals surface area contributed by atoms with Crippen LogP contribution in [0.2, 0.25) is 0 Å². The molecule has 0 saturated heterocycles. The van der Waals surface area contributed by atoms with Crippen LogP contribution in [0.4, 0.5) is 5.69 Å². The Morgan fingerprint density at radius 2 is 1.93 bits per heavy atom. The van der Waals surface area contributed by atoms with Gasteiger partial charge in [-0.15, -0.1) is 11.8 Å². The molecule has 0 unspecified atom stereocenters. The number of carbonyl (C=O) groups excluding carboxylic acids is 1. The minimum atomic E-state index is -0.551. The van der Waals surface area contributed by atoms with Gasteiger partial charge in [-0.2, -0.15) is 0 Å². The molecule has 150 valence electrons. The fourth-order valence-corrected chi connectivity index (χ4v) is 3.49. The van der Waals surface area contributed by atoms with Crippen LogP contribution in [0.3, 0.4) is 0 Å². The van der Waals surface area contributed by atoms with Gasteiger partial charge < -0.3 is 13.9 Å². The van der Waals surface area contributed by atoms with Crippen molar-refractivity contribution in [1.29, 1.82) is 0 Å². The number of non-ortho nitro benzene ring substituents is 1. The molecule has 0 spiro atoms. The Morgan fingerprint density at radius 3 is 2.59 bits per heavy atom. The van der Waals surface area contributed by atoms with E-state index in [1.165, 1.54) is 37.1 Å². The fourth-order valence-electron chi connectivity index (χ4n) is 2.62. The molecule has 2 aromatic carbocycles. The predicted molar refractivity (Wildman–Crippen MR) is 107 cm³/mol. The quantitative estimate of drug-likeness (QED) is 0.188. The topological polar surface area (TPSA) is 109 Å². The molecule has 0 aliphatic rings. The van der Waals surface area contributed by atoms with Crippen LogP contribution in [-0.4, -0.2) is 23.3 Å². The van der Waals surface area contributed by atoms with E-state index in [-0.39, 0.29) is 12.3 Å². The van der Waals surface area contributed by atoms with Crippen LogP contribution in [0.5, 0.6) is 5.75 Å². The molecule has 1 heterocycles. The molecule has 0 N–H and O–H groups in total. The highest BCUT2D eigenvalue weighted by atomic mass is 32.2. The van der Waals surface area contributed by atoms with E-state index in [0.717, 1.165) is 0 Å². The van der Waals surface area contributed by atoms with E-state index >= 15 is 0 Å². The second kappa shape index (κ2) is 8.78. The van der Waals surface area contributed by atoms with Gasteiger partial charge in [-0.3, -0.25) is 14.9 Å². The number of benzene rings is 2. The van der Waals surface area contributed by atoms with Gasteiger partial charge in [0.2, 0.25) is 0 Å². The molecular formula is C20H17NO7S. The number of hydrogen-bond acceptors (Lipinski definition) is 8. The first-order valence-corrected chi connectivity index (χ1v) is 9.44. The summed E-state index contributed by atoms with van der Waals surface area (Å²) < 4.78 is 15.7. The molecule has 1 aromatic heterocycles. The number of nitrogens with zero attached hydrogens (tertiary/aromatic N) is 1. The van der Waals surface area contributed by atoms with E-state index in [1.54, 1.807) is 37.3 Å². The van der Waals surface area contributed by atoms with Crippen molar-refractivity contribution >= 4 is 34.4 Å². The van der Waals surface area contributed by atoms with Crippen LogP contribution in [0.1, 0.15) is 12.5 Å². The van der Waals surface area contributed by atoms with Crippen molar-refractivity contribution in [2.75, 3.05) is 7.11 Å². The molecule has 29 heavy (non-hydrogen) atoms. The van der Waals surface area contributed by atoms with Crippen LogP contribution >= 0.6 is 11.8 Å². The Balaban J connectivity index is 1.68. The predicted octanol–water partition coefficient (Wildman–Crippen LogP) is 3.93. The normalized spacial score (nSPS) is 11.8. The lowest BCUT2D eigenvalue weighted by Crippen LogP contribution is -2.17. The molecule has 3 rings (SSSR count). The molecule has 8 nitrogen and oxygen atoms in total. The second-order valence-corrected chi connectivity index (χ2v) is 7.49. The maximum absolute atomic E-state index is 12.3. The monoisotopic (exact) mass is 415 g/mol.